The summed E-state index contributed by atoms with van der Waals surface area (Å²) in [4.78, 5) is 0. The van der Waals surface area contributed by atoms with Crippen molar-refractivity contribution in [3.63, 3.8) is 0 Å². The van der Waals surface area contributed by atoms with Crippen LogP contribution in [0.25, 0.3) is 0 Å². The van der Waals surface area contributed by atoms with Gasteiger partial charge in [0.25, 0.3) is 0 Å². The average Bonchev–Trinajstić information content (AvgIpc) is 2.24. The van der Waals surface area contributed by atoms with Gasteiger partial charge in [0, 0.05) is 21.8 Å². The average molecular weight is 344 g/mol. The molecule has 1 aromatic carbocycles. The number of halogens is 4. The van der Waals surface area contributed by atoms with Gasteiger partial charge in [0.2, 0.25) is 0 Å². The van der Waals surface area contributed by atoms with E-state index in [2.05, 4.69) is 15.9 Å². The molecular weight excluding hydrogens is 331 g/mol. The van der Waals surface area contributed by atoms with E-state index in [1.807, 2.05) is 0 Å². The fraction of sp³-hybridized carbons (Fsp3) is 0.455. The molecule has 0 spiro atoms. The topological polar surface area (TPSA) is 35.2 Å². The summed E-state index contributed by atoms with van der Waals surface area (Å²) in [5.74, 6) is 0.383. The predicted molar refractivity (Wildman–Crippen MR) is 70.8 cm³/mol. The molecule has 0 aromatic heterocycles. The summed E-state index contributed by atoms with van der Waals surface area (Å²) < 4.78 is 41.9. The van der Waals surface area contributed by atoms with E-state index in [-0.39, 0.29) is 30.2 Å². The fourth-order valence-corrected chi connectivity index (χ4v) is 2.09. The van der Waals surface area contributed by atoms with Gasteiger partial charge >= 0.3 is 5.51 Å². The van der Waals surface area contributed by atoms with Crippen LogP contribution in [0.4, 0.5) is 13.2 Å². The molecule has 18 heavy (non-hydrogen) atoms. The molecule has 0 fully saturated rings. The number of hydrogen-bond acceptors (Lipinski definition) is 3. The van der Waals surface area contributed by atoms with Crippen LogP contribution in [0, 0.1) is 0 Å². The van der Waals surface area contributed by atoms with E-state index >= 15 is 0 Å². The Labute approximate surface area is 116 Å². The zero-order chi connectivity index (χ0) is 13.8. The van der Waals surface area contributed by atoms with Gasteiger partial charge in [-0.3, -0.25) is 0 Å². The van der Waals surface area contributed by atoms with E-state index in [1.54, 1.807) is 25.1 Å². The summed E-state index contributed by atoms with van der Waals surface area (Å²) in [5, 5.41) is 0. The third kappa shape index (κ3) is 5.49. The van der Waals surface area contributed by atoms with E-state index in [1.165, 1.54) is 0 Å². The van der Waals surface area contributed by atoms with E-state index in [0.29, 0.717) is 5.75 Å². The highest BCUT2D eigenvalue weighted by atomic mass is 79.9. The van der Waals surface area contributed by atoms with Crippen LogP contribution in [-0.2, 0) is 0 Å². The Balaban J connectivity index is 2.57. The quantitative estimate of drug-likeness (QED) is 0.817. The lowest BCUT2D eigenvalue weighted by Gasteiger charge is -2.14. The molecule has 0 aliphatic carbocycles. The van der Waals surface area contributed by atoms with Gasteiger partial charge in [0.1, 0.15) is 5.75 Å². The number of rotatable bonds is 5. The Hall–Kier alpha value is -0.400. The third-order valence-corrected chi connectivity index (χ3v) is 3.26. The van der Waals surface area contributed by atoms with Gasteiger partial charge in [-0.25, -0.2) is 0 Å². The smallest absolute Gasteiger partial charge is 0.441 e. The summed E-state index contributed by atoms with van der Waals surface area (Å²) >= 11 is 3.21. The maximum Gasteiger partial charge on any atom is 0.441 e. The summed E-state index contributed by atoms with van der Waals surface area (Å²) in [6, 6.07) is 5.02. The second kappa shape index (κ2) is 6.68. The molecule has 102 valence electrons. The maximum atomic E-state index is 11.9. The Morgan fingerprint density at radius 3 is 2.67 bits per heavy atom. The minimum Gasteiger partial charge on any atom is -0.492 e. The molecule has 0 saturated heterocycles. The first-order chi connectivity index (χ1) is 8.29. The molecule has 1 rings (SSSR count). The van der Waals surface area contributed by atoms with Crippen molar-refractivity contribution in [2.75, 3.05) is 12.4 Å². The first kappa shape index (κ1) is 15.7. The van der Waals surface area contributed by atoms with Crippen LogP contribution in [-0.4, -0.2) is 17.9 Å². The van der Waals surface area contributed by atoms with E-state index in [4.69, 9.17) is 10.5 Å². The molecule has 0 unspecified atom stereocenters. The molecule has 2 N–H and O–H groups in total. The minimum atomic E-state index is -4.22. The fourth-order valence-electron chi connectivity index (χ4n) is 1.32. The normalized spacial score (nSPS) is 13.4. The van der Waals surface area contributed by atoms with E-state index in [0.717, 1.165) is 10.0 Å². The summed E-state index contributed by atoms with van der Waals surface area (Å²) in [5.41, 5.74) is 2.32. The highest BCUT2D eigenvalue weighted by Crippen LogP contribution is 2.31. The lowest BCUT2D eigenvalue weighted by Crippen LogP contribution is -2.11. The Morgan fingerprint density at radius 2 is 2.11 bits per heavy atom. The molecule has 7 heteroatoms. The van der Waals surface area contributed by atoms with Crippen molar-refractivity contribution >= 4 is 27.7 Å². The van der Waals surface area contributed by atoms with Gasteiger partial charge in [-0.1, -0.05) is 15.9 Å². The van der Waals surface area contributed by atoms with Crippen molar-refractivity contribution in [2.24, 2.45) is 5.73 Å². The number of thioether (sulfide) groups is 1. The van der Waals surface area contributed by atoms with Crippen LogP contribution in [0.2, 0.25) is 0 Å². The van der Waals surface area contributed by atoms with E-state index in [9.17, 15) is 13.2 Å². The highest BCUT2D eigenvalue weighted by Gasteiger charge is 2.27. The number of hydrogen-bond donors (Lipinski definition) is 1. The molecular formula is C11H13BrF3NOS. The molecule has 0 aliphatic heterocycles. The molecule has 0 saturated carbocycles. The van der Waals surface area contributed by atoms with Crippen LogP contribution in [0.5, 0.6) is 5.75 Å². The molecule has 2 nitrogen and oxygen atoms in total. The molecule has 0 aliphatic rings. The number of nitrogens with two attached hydrogens (primary N) is 1. The minimum absolute atomic E-state index is 0.00840. The molecule has 0 bridgehead atoms. The third-order valence-electron chi connectivity index (χ3n) is 2.07. The van der Waals surface area contributed by atoms with Crippen molar-refractivity contribution in [2.45, 2.75) is 18.5 Å². The zero-order valence-electron chi connectivity index (χ0n) is 9.63. The van der Waals surface area contributed by atoms with Crippen molar-refractivity contribution in [1.29, 1.82) is 0 Å². The summed E-state index contributed by atoms with van der Waals surface area (Å²) in [6.45, 7) is 1.78. The monoisotopic (exact) mass is 343 g/mol. The molecule has 1 atom stereocenters. The van der Waals surface area contributed by atoms with Crippen LogP contribution < -0.4 is 10.5 Å². The van der Waals surface area contributed by atoms with Crippen LogP contribution in [0.3, 0.4) is 0 Å². The second-order valence-electron chi connectivity index (χ2n) is 3.61. The lowest BCUT2D eigenvalue weighted by atomic mass is 10.1. The maximum absolute atomic E-state index is 11.9. The van der Waals surface area contributed by atoms with Crippen molar-refractivity contribution < 1.29 is 17.9 Å². The number of ether oxygens (including phenoxy) is 1. The van der Waals surface area contributed by atoms with Gasteiger partial charge in [-0.05, 0) is 36.9 Å². The van der Waals surface area contributed by atoms with Crippen LogP contribution in [0.15, 0.2) is 22.7 Å². The van der Waals surface area contributed by atoms with Gasteiger partial charge < -0.3 is 10.5 Å². The Morgan fingerprint density at radius 1 is 1.44 bits per heavy atom. The zero-order valence-corrected chi connectivity index (χ0v) is 12.0. The van der Waals surface area contributed by atoms with Crippen molar-refractivity contribution in [3.05, 3.63) is 28.2 Å². The molecule has 0 radical (unpaired) electrons. The first-order valence-corrected chi connectivity index (χ1v) is 6.96. The predicted octanol–water partition coefficient (Wildman–Crippen LogP) is 4.10. The highest BCUT2D eigenvalue weighted by molar-refractivity contribution is 9.10. The Kier molecular flexibility index (Phi) is 5.81. The van der Waals surface area contributed by atoms with Crippen LogP contribution >= 0.6 is 27.7 Å². The number of benzene rings is 1. The van der Waals surface area contributed by atoms with Crippen molar-refractivity contribution in [1.82, 2.24) is 0 Å². The first-order valence-electron chi connectivity index (χ1n) is 5.18. The van der Waals surface area contributed by atoms with Crippen molar-refractivity contribution in [3.8, 4) is 5.75 Å². The summed E-state index contributed by atoms with van der Waals surface area (Å²) in [7, 11) is 0. The van der Waals surface area contributed by atoms with Gasteiger partial charge in [0.15, 0.2) is 0 Å². The number of alkyl halides is 3. The Bertz CT molecular complexity index is 398. The van der Waals surface area contributed by atoms with Gasteiger partial charge in [0.05, 0.1) is 6.61 Å². The largest absolute Gasteiger partial charge is 0.492 e. The SMILES string of the molecule is C[C@@H](N)c1cc(Br)ccc1OCCSC(F)(F)F. The van der Waals surface area contributed by atoms with Crippen LogP contribution in [0.1, 0.15) is 18.5 Å². The lowest BCUT2D eigenvalue weighted by molar-refractivity contribution is -0.0329. The molecule has 0 amide bonds. The second-order valence-corrected chi connectivity index (χ2v) is 5.69. The van der Waals surface area contributed by atoms with Gasteiger partial charge in [-0.2, -0.15) is 13.2 Å². The molecule has 0 heterocycles. The summed E-state index contributed by atoms with van der Waals surface area (Å²) in [6.07, 6.45) is 0. The van der Waals surface area contributed by atoms with Gasteiger partial charge in [-0.15, -0.1) is 0 Å². The van der Waals surface area contributed by atoms with E-state index < -0.39 is 5.51 Å². The standard InChI is InChI=1S/C11H13BrF3NOS/c1-7(16)9-6-8(12)2-3-10(9)17-4-5-18-11(13,14)15/h2-3,6-7H,4-5,16H2,1H3/t7-/m1/s1. The molecule has 1 aromatic rings.